The Bertz CT molecular complexity index is 501. The summed E-state index contributed by atoms with van der Waals surface area (Å²) in [5.41, 5.74) is 5.26. The summed E-state index contributed by atoms with van der Waals surface area (Å²) in [7, 11) is 0. The van der Waals surface area contributed by atoms with E-state index in [1.807, 2.05) is 13.8 Å². The predicted molar refractivity (Wildman–Crippen MR) is 76.9 cm³/mol. The van der Waals surface area contributed by atoms with Crippen LogP contribution < -0.4 is 11.1 Å². The summed E-state index contributed by atoms with van der Waals surface area (Å²) in [6.07, 6.45) is 0.988. The van der Waals surface area contributed by atoms with Crippen molar-refractivity contribution in [2.45, 2.75) is 32.2 Å². The lowest BCUT2D eigenvalue weighted by atomic mass is 9.93. The van der Waals surface area contributed by atoms with E-state index in [0.717, 1.165) is 0 Å². The van der Waals surface area contributed by atoms with E-state index in [2.05, 4.69) is 21.2 Å². The van der Waals surface area contributed by atoms with E-state index in [9.17, 15) is 14.9 Å². The molecule has 0 fully saturated rings. The van der Waals surface area contributed by atoms with Crippen molar-refractivity contribution >= 4 is 33.2 Å². The smallest absolute Gasteiger partial charge is 0.285 e. The molecule has 0 saturated carbocycles. The van der Waals surface area contributed by atoms with Crippen LogP contribution in [0, 0.1) is 10.1 Å². The molecule has 0 atom stereocenters. The average molecular weight is 330 g/mol. The number of hydrogen-bond acceptors (Lipinski definition) is 4. The summed E-state index contributed by atoms with van der Waals surface area (Å²) < 4.78 is 0.362. The molecule has 0 unspecified atom stereocenters. The third kappa shape index (κ3) is 3.51. The Kier molecular flexibility index (Phi) is 5.02. The topological polar surface area (TPSA) is 98.3 Å². The first kappa shape index (κ1) is 15.6. The molecule has 1 aromatic rings. The standard InChI is InChI=1S/C12H16BrN3O3/c1-3-12(14,4-2)11(17)15-8-5-6-9(13)10(7-8)16(18)19/h5-7H,3-4,14H2,1-2H3,(H,15,17). The van der Waals surface area contributed by atoms with Gasteiger partial charge in [0.15, 0.2) is 0 Å². The number of carbonyl (C=O) groups excluding carboxylic acids is 1. The number of anilines is 1. The lowest BCUT2D eigenvalue weighted by Gasteiger charge is -2.25. The van der Waals surface area contributed by atoms with Crippen LogP contribution in [0.4, 0.5) is 11.4 Å². The number of rotatable bonds is 5. The Morgan fingerprint density at radius 2 is 2.05 bits per heavy atom. The van der Waals surface area contributed by atoms with Crippen LogP contribution in [-0.4, -0.2) is 16.4 Å². The number of amides is 1. The number of nitrogens with two attached hydrogens (primary N) is 1. The second kappa shape index (κ2) is 6.12. The van der Waals surface area contributed by atoms with Gasteiger partial charge in [0.2, 0.25) is 5.91 Å². The molecular formula is C12H16BrN3O3. The van der Waals surface area contributed by atoms with Gasteiger partial charge in [0, 0.05) is 11.8 Å². The summed E-state index contributed by atoms with van der Waals surface area (Å²) in [6.45, 7) is 3.65. The highest BCUT2D eigenvalue weighted by Gasteiger charge is 2.30. The molecule has 19 heavy (non-hydrogen) atoms. The number of halogens is 1. The van der Waals surface area contributed by atoms with Gasteiger partial charge in [0.25, 0.3) is 5.69 Å². The first-order chi connectivity index (χ1) is 8.84. The minimum absolute atomic E-state index is 0.103. The molecule has 7 heteroatoms. The van der Waals surface area contributed by atoms with Gasteiger partial charge in [-0.05, 0) is 40.9 Å². The fourth-order valence-corrected chi connectivity index (χ4v) is 1.95. The van der Waals surface area contributed by atoms with Gasteiger partial charge in [-0.25, -0.2) is 0 Å². The van der Waals surface area contributed by atoms with Crippen molar-refractivity contribution in [2.75, 3.05) is 5.32 Å². The Morgan fingerprint density at radius 1 is 1.47 bits per heavy atom. The highest BCUT2D eigenvalue weighted by molar-refractivity contribution is 9.10. The number of nitro groups is 1. The van der Waals surface area contributed by atoms with Gasteiger partial charge in [0.1, 0.15) is 0 Å². The summed E-state index contributed by atoms with van der Waals surface area (Å²) in [6, 6.07) is 4.40. The molecule has 0 radical (unpaired) electrons. The Hall–Kier alpha value is -1.47. The SMILES string of the molecule is CCC(N)(CC)C(=O)Nc1ccc(Br)c([N+](=O)[O-])c1. The van der Waals surface area contributed by atoms with E-state index in [1.54, 1.807) is 6.07 Å². The molecule has 0 aliphatic carbocycles. The van der Waals surface area contributed by atoms with Gasteiger partial charge in [-0.2, -0.15) is 0 Å². The maximum atomic E-state index is 12.0. The van der Waals surface area contributed by atoms with Crippen molar-refractivity contribution in [3.8, 4) is 0 Å². The highest BCUT2D eigenvalue weighted by atomic mass is 79.9. The number of hydrogen-bond donors (Lipinski definition) is 2. The molecule has 0 aliphatic heterocycles. The molecule has 3 N–H and O–H groups in total. The van der Waals surface area contributed by atoms with Crippen LogP contribution in [0.2, 0.25) is 0 Å². The van der Waals surface area contributed by atoms with E-state index < -0.39 is 10.5 Å². The summed E-state index contributed by atoms with van der Waals surface area (Å²) in [5, 5.41) is 13.4. The highest BCUT2D eigenvalue weighted by Crippen LogP contribution is 2.28. The van der Waals surface area contributed by atoms with Crippen LogP contribution in [0.1, 0.15) is 26.7 Å². The van der Waals surface area contributed by atoms with Crippen LogP contribution in [0.15, 0.2) is 22.7 Å². The lowest BCUT2D eigenvalue weighted by Crippen LogP contribution is -2.50. The molecule has 0 aliphatic rings. The minimum Gasteiger partial charge on any atom is -0.324 e. The summed E-state index contributed by atoms with van der Waals surface area (Å²) in [5.74, 6) is -0.339. The Labute approximate surface area is 119 Å². The fourth-order valence-electron chi connectivity index (χ4n) is 1.56. The van der Waals surface area contributed by atoms with Gasteiger partial charge in [-0.1, -0.05) is 13.8 Å². The second-order valence-corrected chi connectivity index (χ2v) is 5.10. The van der Waals surface area contributed by atoms with Crippen molar-refractivity contribution in [1.82, 2.24) is 0 Å². The number of carbonyl (C=O) groups is 1. The monoisotopic (exact) mass is 329 g/mol. The maximum Gasteiger partial charge on any atom is 0.285 e. The molecule has 0 heterocycles. The predicted octanol–water partition coefficient (Wildman–Crippen LogP) is 2.81. The number of nitro benzene ring substituents is 1. The van der Waals surface area contributed by atoms with Crippen LogP contribution in [-0.2, 0) is 4.79 Å². The Balaban J connectivity index is 2.98. The third-order valence-corrected chi connectivity index (χ3v) is 3.79. The first-order valence-corrected chi connectivity index (χ1v) is 6.67. The van der Waals surface area contributed by atoms with Gasteiger partial charge >= 0.3 is 0 Å². The molecular weight excluding hydrogens is 314 g/mol. The van der Waals surface area contributed by atoms with Crippen molar-refractivity contribution < 1.29 is 9.72 Å². The molecule has 0 spiro atoms. The molecule has 104 valence electrons. The fraction of sp³-hybridized carbons (Fsp3) is 0.417. The zero-order valence-electron chi connectivity index (χ0n) is 10.8. The normalized spacial score (nSPS) is 11.2. The molecule has 1 rings (SSSR count). The molecule has 1 amide bonds. The zero-order valence-corrected chi connectivity index (χ0v) is 12.4. The second-order valence-electron chi connectivity index (χ2n) is 4.24. The molecule has 6 nitrogen and oxygen atoms in total. The van der Waals surface area contributed by atoms with Gasteiger partial charge in [-0.3, -0.25) is 14.9 Å². The summed E-state index contributed by atoms with van der Waals surface area (Å²) in [4.78, 5) is 22.3. The number of benzene rings is 1. The molecule has 0 aromatic heterocycles. The number of nitrogens with zero attached hydrogens (tertiary/aromatic N) is 1. The van der Waals surface area contributed by atoms with E-state index in [0.29, 0.717) is 23.0 Å². The Morgan fingerprint density at radius 3 is 2.53 bits per heavy atom. The van der Waals surface area contributed by atoms with Crippen LogP contribution in [0.5, 0.6) is 0 Å². The van der Waals surface area contributed by atoms with E-state index in [1.165, 1.54) is 12.1 Å². The average Bonchev–Trinajstić information content (AvgIpc) is 2.39. The maximum absolute atomic E-state index is 12.0. The first-order valence-electron chi connectivity index (χ1n) is 5.88. The van der Waals surface area contributed by atoms with Crippen molar-refractivity contribution in [2.24, 2.45) is 5.73 Å². The van der Waals surface area contributed by atoms with Crippen molar-refractivity contribution in [1.29, 1.82) is 0 Å². The minimum atomic E-state index is -0.956. The van der Waals surface area contributed by atoms with Gasteiger partial charge < -0.3 is 11.1 Å². The van der Waals surface area contributed by atoms with Gasteiger partial charge in [0.05, 0.1) is 14.9 Å². The van der Waals surface area contributed by atoms with Crippen molar-refractivity contribution in [3.63, 3.8) is 0 Å². The third-order valence-electron chi connectivity index (χ3n) is 3.11. The van der Waals surface area contributed by atoms with E-state index in [4.69, 9.17) is 5.73 Å². The van der Waals surface area contributed by atoms with E-state index >= 15 is 0 Å². The van der Waals surface area contributed by atoms with Crippen LogP contribution in [0.3, 0.4) is 0 Å². The molecule has 0 saturated heterocycles. The number of nitrogens with one attached hydrogen (secondary N) is 1. The quantitative estimate of drug-likeness (QED) is 0.640. The lowest BCUT2D eigenvalue weighted by molar-refractivity contribution is -0.385. The van der Waals surface area contributed by atoms with Crippen LogP contribution in [0.25, 0.3) is 0 Å². The summed E-state index contributed by atoms with van der Waals surface area (Å²) >= 11 is 3.09. The zero-order chi connectivity index (χ0) is 14.6. The van der Waals surface area contributed by atoms with E-state index in [-0.39, 0.29) is 11.6 Å². The molecule has 0 bridgehead atoms. The van der Waals surface area contributed by atoms with Gasteiger partial charge in [-0.15, -0.1) is 0 Å². The largest absolute Gasteiger partial charge is 0.324 e. The van der Waals surface area contributed by atoms with Crippen molar-refractivity contribution in [3.05, 3.63) is 32.8 Å². The van der Waals surface area contributed by atoms with Crippen LogP contribution >= 0.6 is 15.9 Å². The molecule has 1 aromatic carbocycles.